The molecule has 0 saturated carbocycles. The predicted octanol–water partition coefficient (Wildman–Crippen LogP) is 3.10. The van der Waals surface area contributed by atoms with Crippen LogP contribution in [0, 0.1) is 6.92 Å². The van der Waals surface area contributed by atoms with Gasteiger partial charge in [-0.2, -0.15) is 0 Å². The second-order valence-corrected chi connectivity index (χ2v) is 11.5. The lowest BCUT2D eigenvalue weighted by Gasteiger charge is -2.40. The van der Waals surface area contributed by atoms with Crippen molar-refractivity contribution < 1.29 is 23.2 Å². The van der Waals surface area contributed by atoms with Crippen molar-refractivity contribution in [1.82, 2.24) is 14.8 Å². The minimum atomic E-state index is -3.95. The van der Waals surface area contributed by atoms with Crippen molar-refractivity contribution in [3.8, 4) is 11.3 Å². The van der Waals surface area contributed by atoms with Gasteiger partial charge < -0.3 is 4.74 Å². The number of hydroxylamine groups is 1. The summed E-state index contributed by atoms with van der Waals surface area (Å²) in [4.78, 5) is 18.4. The van der Waals surface area contributed by atoms with E-state index in [1.165, 1.54) is 4.31 Å². The van der Waals surface area contributed by atoms with Crippen LogP contribution < -0.4 is 5.48 Å². The first-order chi connectivity index (χ1) is 14.9. The molecule has 2 aliphatic rings. The van der Waals surface area contributed by atoms with E-state index in [1.807, 2.05) is 30.3 Å². The Kier molecular flexibility index (Phi) is 7.95. The standard InChI is InChI=1S/C21H27N3O5S2.ClH/c1-15-18(16-5-3-2-4-6-16)22-19(30-15)17-7-11-24(12-8-17)31(27,28)21(20(25)23-26)9-13-29-14-10-21;/h2-6,17,26H,7-14H2,1H3,(H,23,25);1H. The summed E-state index contributed by atoms with van der Waals surface area (Å²) in [6.07, 6.45) is 1.36. The lowest BCUT2D eigenvalue weighted by atomic mass is 9.98. The molecule has 32 heavy (non-hydrogen) atoms. The first-order valence-corrected chi connectivity index (χ1v) is 12.7. The van der Waals surface area contributed by atoms with Crippen LogP contribution in [-0.4, -0.2) is 59.9 Å². The lowest BCUT2D eigenvalue weighted by Crippen LogP contribution is -2.60. The highest BCUT2D eigenvalue weighted by Crippen LogP contribution is 2.39. The second-order valence-electron chi connectivity index (χ2n) is 8.05. The van der Waals surface area contributed by atoms with E-state index in [0.717, 1.165) is 21.1 Å². The fourth-order valence-corrected chi connectivity index (χ4v) is 7.71. The van der Waals surface area contributed by atoms with E-state index in [0.29, 0.717) is 25.9 Å². The first kappa shape index (κ1) is 25.1. The number of nitrogens with zero attached hydrogens (tertiary/aromatic N) is 2. The van der Waals surface area contributed by atoms with Gasteiger partial charge in [0.25, 0.3) is 5.91 Å². The molecule has 0 unspecified atom stereocenters. The zero-order valence-corrected chi connectivity index (χ0v) is 20.3. The molecule has 0 bridgehead atoms. The van der Waals surface area contributed by atoms with Gasteiger partial charge >= 0.3 is 0 Å². The smallest absolute Gasteiger partial charge is 0.266 e. The number of sulfonamides is 1. The van der Waals surface area contributed by atoms with Crippen LogP contribution in [0.3, 0.4) is 0 Å². The van der Waals surface area contributed by atoms with Gasteiger partial charge in [0.1, 0.15) is 0 Å². The highest BCUT2D eigenvalue weighted by atomic mass is 35.5. The van der Waals surface area contributed by atoms with E-state index >= 15 is 0 Å². The number of thiazole rings is 1. The molecule has 8 nitrogen and oxygen atoms in total. The number of aromatic nitrogens is 1. The summed E-state index contributed by atoms with van der Waals surface area (Å²) in [6.45, 7) is 3.06. The molecule has 0 aliphatic carbocycles. The monoisotopic (exact) mass is 501 g/mol. The molecule has 2 aliphatic heterocycles. The summed E-state index contributed by atoms with van der Waals surface area (Å²) in [5, 5.41) is 10.2. The van der Waals surface area contributed by atoms with Crippen molar-refractivity contribution in [1.29, 1.82) is 0 Å². The van der Waals surface area contributed by atoms with Crippen LogP contribution in [0.4, 0.5) is 0 Å². The van der Waals surface area contributed by atoms with Gasteiger partial charge in [-0.3, -0.25) is 10.0 Å². The fraction of sp³-hybridized carbons (Fsp3) is 0.524. The third kappa shape index (κ3) is 4.44. The molecule has 1 aromatic carbocycles. The highest BCUT2D eigenvalue weighted by Gasteiger charge is 2.54. The maximum Gasteiger partial charge on any atom is 0.266 e. The Morgan fingerprint density at radius 3 is 2.44 bits per heavy atom. The molecule has 2 fully saturated rings. The summed E-state index contributed by atoms with van der Waals surface area (Å²) < 4.78 is 31.9. The molecule has 1 amide bonds. The minimum absolute atomic E-state index is 0. The number of aryl methyl sites for hydroxylation is 1. The molecule has 176 valence electrons. The normalized spacial score (nSPS) is 19.8. The number of ether oxygens (including phenoxy) is 1. The van der Waals surface area contributed by atoms with Gasteiger partial charge in [-0.05, 0) is 19.8 Å². The largest absolute Gasteiger partial charge is 0.381 e. The number of halogens is 1. The summed E-state index contributed by atoms with van der Waals surface area (Å²) in [7, 11) is -3.95. The van der Waals surface area contributed by atoms with Gasteiger partial charge in [-0.25, -0.2) is 23.2 Å². The van der Waals surface area contributed by atoms with E-state index in [4.69, 9.17) is 9.72 Å². The Morgan fingerprint density at radius 1 is 1.22 bits per heavy atom. The maximum atomic E-state index is 13.4. The number of benzene rings is 1. The molecule has 2 saturated heterocycles. The van der Waals surface area contributed by atoms with E-state index in [-0.39, 0.29) is 44.4 Å². The van der Waals surface area contributed by atoms with Gasteiger partial charge in [0.05, 0.1) is 10.7 Å². The maximum absolute atomic E-state index is 13.4. The highest BCUT2D eigenvalue weighted by molar-refractivity contribution is 7.91. The molecule has 0 radical (unpaired) electrons. The van der Waals surface area contributed by atoms with Crippen molar-refractivity contribution in [2.45, 2.75) is 43.3 Å². The number of hydrogen-bond acceptors (Lipinski definition) is 7. The molecular weight excluding hydrogens is 474 g/mol. The van der Waals surface area contributed by atoms with Gasteiger partial charge in [0.15, 0.2) is 4.75 Å². The van der Waals surface area contributed by atoms with Gasteiger partial charge in [-0.15, -0.1) is 23.7 Å². The quantitative estimate of drug-likeness (QED) is 0.481. The van der Waals surface area contributed by atoms with Crippen LogP contribution >= 0.6 is 23.7 Å². The van der Waals surface area contributed by atoms with Gasteiger partial charge in [0.2, 0.25) is 10.0 Å². The summed E-state index contributed by atoms with van der Waals surface area (Å²) >= 11 is 1.67. The molecule has 4 rings (SSSR count). The molecule has 2 aromatic rings. The second kappa shape index (κ2) is 10.1. The Bertz CT molecular complexity index is 1030. The summed E-state index contributed by atoms with van der Waals surface area (Å²) in [6, 6.07) is 10.0. The Balaban J connectivity index is 0.00000289. The molecule has 1 aromatic heterocycles. The topological polar surface area (TPSA) is 109 Å². The number of carbonyl (C=O) groups is 1. The third-order valence-electron chi connectivity index (χ3n) is 6.31. The Hall–Kier alpha value is -1.56. The van der Waals surface area contributed by atoms with Gasteiger partial charge in [-0.1, -0.05) is 30.3 Å². The molecule has 3 heterocycles. The van der Waals surface area contributed by atoms with Crippen LogP contribution in [0.5, 0.6) is 0 Å². The zero-order valence-electron chi connectivity index (χ0n) is 17.8. The van der Waals surface area contributed by atoms with Crippen molar-refractivity contribution in [2.24, 2.45) is 0 Å². The minimum Gasteiger partial charge on any atom is -0.381 e. The van der Waals surface area contributed by atoms with Crippen LogP contribution in [-0.2, 0) is 19.6 Å². The molecule has 0 spiro atoms. The van der Waals surface area contributed by atoms with Crippen LogP contribution in [0.25, 0.3) is 11.3 Å². The number of nitrogens with one attached hydrogen (secondary N) is 1. The van der Waals surface area contributed by atoms with Crippen molar-refractivity contribution in [2.75, 3.05) is 26.3 Å². The van der Waals surface area contributed by atoms with Crippen molar-refractivity contribution in [3.63, 3.8) is 0 Å². The first-order valence-electron chi connectivity index (χ1n) is 10.4. The van der Waals surface area contributed by atoms with Crippen LogP contribution in [0.15, 0.2) is 30.3 Å². The zero-order chi connectivity index (χ0) is 22.1. The van der Waals surface area contributed by atoms with E-state index in [2.05, 4.69) is 6.92 Å². The molecular formula is C21H28ClN3O5S2. The van der Waals surface area contributed by atoms with Crippen molar-refractivity contribution in [3.05, 3.63) is 40.2 Å². The summed E-state index contributed by atoms with van der Waals surface area (Å²) in [5.41, 5.74) is 3.64. The van der Waals surface area contributed by atoms with Crippen LogP contribution in [0.1, 0.15) is 41.5 Å². The Labute approximate surface area is 198 Å². The molecule has 2 N–H and O–H groups in total. The van der Waals surface area contributed by atoms with Crippen molar-refractivity contribution >= 4 is 39.7 Å². The Morgan fingerprint density at radius 2 is 1.84 bits per heavy atom. The molecule has 11 heteroatoms. The molecule has 0 atom stereocenters. The number of carbonyl (C=O) groups excluding carboxylic acids is 1. The number of hydrogen-bond donors (Lipinski definition) is 2. The third-order valence-corrected chi connectivity index (χ3v) is 10.1. The summed E-state index contributed by atoms with van der Waals surface area (Å²) in [5.74, 6) is -0.689. The lowest BCUT2D eigenvalue weighted by molar-refractivity contribution is -0.134. The number of rotatable bonds is 5. The number of piperidine rings is 1. The van der Waals surface area contributed by atoms with Gasteiger partial charge in [0, 0.05) is 55.5 Å². The van der Waals surface area contributed by atoms with Crippen LogP contribution in [0.2, 0.25) is 0 Å². The van der Waals surface area contributed by atoms with E-state index < -0.39 is 20.7 Å². The van der Waals surface area contributed by atoms with E-state index in [9.17, 15) is 18.4 Å². The van der Waals surface area contributed by atoms with E-state index in [1.54, 1.807) is 16.8 Å². The predicted molar refractivity (Wildman–Crippen MR) is 125 cm³/mol. The SMILES string of the molecule is Cc1sc(C2CCN(S(=O)(=O)C3(C(=O)NO)CCOCC3)CC2)nc1-c1ccccc1.Cl. The number of amides is 1. The fourth-order valence-electron chi connectivity index (χ4n) is 4.45. The average molecular weight is 502 g/mol. The average Bonchev–Trinajstić information content (AvgIpc) is 3.21.